The first-order valence-corrected chi connectivity index (χ1v) is 13.2. The Hall–Kier alpha value is -2.55. The number of nitrogens with zero attached hydrogens (tertiary/aromatic N) is 1. The summed E-state index contributed by atoms with van der Waals surface area (Å²) in [6.07, 6.45) is -5.67. The zero-order valence-electron chi connectivity index (χ0n) is 21.6. The predicted octanol–water partition coefficient (Wildman–Crippen LogP) is 7.41. The Balaban J connectivity index is 1.42. The molecule has 0 radical (unpaired) electrons. The molecule has 0 bridgehead atoms. The number of hydrogen-bond donors (Lipinski definition) is 1. The van der Waals surface area contributed by atoms with Crippen LogP contribution in [0.2, 0.25) is 0 Å². The average molecular weight is 541 g/mol. The summed E-state index contributed by atoms with van der Waals surface area (Å²) in [5.74, 6) is 0.183. The van der Waals surface area contributed by atoms with E-state index in [1.54, 1.807) is 0 Å². The summed E-state index contributed by atoms with van der Waals surface area (Å²) >= 11 is 0. The molecule has 3 nitrogen and oxygen atoms in total. The molecule has 1 N–H and O–H groups in total. The maximum Gasteiger partial charge on any atom is 0.416 e. The maximum atomic E-state index is 13.4. The van der Waals surface area contributed by atoms with E-state index in [1.807, 2.05) is 19.9 Å². The Kier molecular flexibility index (Phi) is 8.17. The first-order valence-electron chi connectivity index (χ1n) is 13.2. The second-order valence-corrected chi connectivity index (χ2v) is 11.0. The second kappa shape index (κ2) is 10.9. The molecule has 0 aromatic heterocycles. The SMILES string of the molecule is CC(C)C1(C(=O)NCc2cc(C(F)(F)F)cc(C(F)(F)F)c2)CCC(N2CCC(c3ccccc3)CC2)C1. The third-order valence-corrected chi connectivity index (χ3v) is 8.50. The summed E-state index contributed by atoms with van der Waals surface area (Å²) in [5.41, 5.74) is -2.35. The Morgan fingerprint density at radius 1 is 0.947 bits per heavy atom. The van der Waals surface area contributed by atoms with Gasteiger partial charge in [-0.25, -0.2) is 0 Å². The molecule has 4 rings (SSSR count). The number of rotatable bonds is 6. The summed E-state index contributed by atoms with van der Waals surface area (Å²) in [5, 5.41) is 2.68. The highest BCUT2D eigenvalue weighted by molar-refractivity contribution is 5.83. The quantitative estimate of drug-likeness (QED) is 0.387. The van der Waals surface area contributed by atoms with Crippen LogP contribution in [0.25, 0.3) is 0 Å². The van der Waals surface area contributed by atoms with Gasteiger partial charge in [-0.05, 0) is 86.4 Å². The summed E-state index contributed by atoms with van der Waals surface area (Å²) in [4.78, 5) is 15.9. The fourth-order valence-electron chi connectivity index (χ4n) is 6.16. The van der Waals surface area contributed by atoms with E-state index in [1.165, 1.54) is 5.56 Å². The first-order chi connectivity index (χ1) is 17.8. The van der Waals surface area contributed by atoms with Crippen molar-refractivity contribution in [1.29, 1.82) is 0 Å². The van der Waals surface area contributed by atoms with Crippen LogP contribution in [0.3, 0.4) is 0 Å². The molecular weight excluding hydrogens is 506 g/mol. The molecule has 2 atom stereocenters. The van der Waals surface area contributed by atoms with Crippen LogP contribution in [-0.4, -0.2) is 29.9 Å². The van der Waals surface area contributed by atoms with E-state index in [0.717, 1.165) is 32.4 Å². The summed E-state index contributed by atoms with van der Waals surface area (Å²) in [7, 11) is 0. The minimum atomic E-state index is -4.92. The molecule has 1 amide bonds. The molecule has 2 aromatic rings. The molecule has 1 aliphatic heterocycles. The number of piperidine rings is 1. The van der Waals surface area contributed by atoms with Gasteiger partial charge in [-0.2, -0.15) is 26.3 Å². The van der Waals surface area contributed by atoms with Gasteiger partial charge in [0, 0.05) is 12.6 Å². The van der Waals surface area contributed by atoms with Crippen molar-refractivity contribution in [3.05, 3.63) is 70.8 Å². The average Bonchev–Trinajstić information content (AvgIpc) is 3.34. The first kappa shape index (κ1) is 28.5. The van der Waals surface area contributed by atoms with Crippen LogP contribution >= 0.6 is 0 Å². The van der Waals surface area contributed by atoms with Crippen LogP contribution in [-0.2, 0) is 23.7 Å². The summed E-state index contributed by atoms with van der Waals surface area (Å²) in [6, 6.07) is 12.1. The normalized spacial score (nSPS) is 23.7. The third-order valence-electron chi connectivity index (χ3n) is 8.50. The van der Waals surface area contributed by atoms with Crippen LogP contribution in [0.5, 0.6) is 0 Å². The number of amides is 1. The van der Waals surface area contributed by atoms with Crippen LogP contribution < -0.4 is 5.32 Å². The monoisotopic (exact) mass is 540 g/mol. The maximum absolute atomic E-state index is 13.4. The number of carbonyl (C=O) groups is 1. The number of hydrogen-bond acceptors (Lipinski definition) is 2. The molecule has 38 heavy (non-hydrogen) atoms. The third kappa shape index (κ3) is 6.19. The molecule has 1 saturated carbocycles. The largest absolute Gasteiger partial charge is 0.416 e. The smallest absolute Gasteiger partial charge is 0.352 e. The van der Waals surface area contributed by atoms with E-state index in [2.05, 4.69) is 34.5 Å². The van der Waals surface area contributed by atoms with Gasteiger partial charge in [-0.15, -0.1) is 0 Å². The van der Waals surface area contributed by atoms with Gasteiger partial charge in [0.2, 0.25) is 5.91 Å². The highest BCUT2D eigenvalue weighted by Gasteiger charge is 2.49. The lowest BCUT2D eigenvalue weighted by atomic mass is 9.74. The van der Waals surface area contributed by atoms with Gasteiger partial charge < -0.3 is 10.2 Å². The van der Waals surface area contributed by atoms with Crippen molar-refractivity contribution >= 4 is 5.91 Å². The lowest BCUT2D eigenvalue weighted by molar-refractivity contribution is -0.143. The summed E-state index contributed by atoms with van der Waals surface area (Å²) < 4.78 is 79.4. The van der Waals surface area contributed by atoms with Crippen LogP contribution in [0, 0.1) is 11.3 Å². The molecule has 2 fully saturated rings. The number of halogens is 6. The zero-order valence-corrected chi connectivity index (χ0v) is 21.6. The molecule has 2 aromatic carbocycles. The van der Waals surface area contributed by atoms with Crippen molar-refractivity contribution in [2.24, 2.45) is 11.3 Å². The molecule has 2 aliphatic rings. The van der Waals surface area contributed by atoms with E-state index >= 15 is 0 Å². The minimum absolute atomic E-state index is 0.0263. The van der Waals surface area contributed by atoms with E-state index in [9.17, 15) is 31.1 Å². The second-order valence-electron chi connectivity index (χ2n) is 11.0. The van der Waals surface area contributed by atoms with Crippen molar-refractivity contribution in [1.82, 2.24) is 10.2 Å². The Morgan fingerprint density at radius 2 is 1.53 bits per heavy atom. The number of carbonyl (C=O) groups excluding carboxylic acids is 1. The predicted molar refractivity (Wildman–Crippen MR) is 133 cm³/mol. The molecule has 1 heterocycles. The molecule has 2 unspecified atom stereocenters. The molecule has 0 spiro atoms. The van der Waals surface area contributed by atoms with Crippen molar-refractivity contribution in [3.8, 4) is 0 Å². The van der Waals surface area contributed by atoms with E-state index in [0.29, 0.717) is 30.9 Å². The van der Waals surface area contributed by atoms with Crippen molar-refractivity contribution < 1.29 is 31.1 Å². The number of likely N-dealkylation sites (tertiary alicyclic amines) is 1. The van der Waals surface area contributed by atoms with Gasteiger partial charge >= 0.3 is 12.4 Å². The van der Waals surface area contributed by atoms with Gasteiger partial charge in [-0.3, -0.25) is 4.79 Å². The zero-order chi connectivity index (χ0) is 27.7. The standard InChI is InChI=1S/C29H34F6N2O/c1-19(2)27(11-8-25(17-27)37-12-9-22(10-13-37)21-6-4-3-5-7-21)26(38)36-18-20-14-23(28(30,31)32)16-24(15-20)29(33,34)35/h3-7,14-16,19,22,25H,8-13,17-18H2,1-2H3,(H,36,38). The van der Waals surface area contributed by atoms with Gasteiger partial charge in [0.15, 0.2) is 0 Å². The fourth-order valence-corrected chi connectivity index (χ4v) is 6.16. The number of benzene rings is 2. The number of nitrogens with one attached hydrogen (secondary N) is 1. The molecule has 9 heteroatoms. The van der Waals surface area contributed by atoms with Crippen LogP contribution in [0.15, 0.2) is 48.5 Å². The fraction of sp³-hybridized carbons (Fsp3) is 0.552. The van der Waals surface area contributed by atoms with Crippen LogP contribution in [0.1, 0.15) is 74.1 Å². The Labute approximate surface area is 219 Å². The molecular formula is C29H34F6N2O. The molecule has 1 aliphatic carbocycles. The Bertz CT molecular complexity index is 1070. The van der Waals surface area contributed by atoms with Gasteiger partial charge in [0.05, 0.1) is 16.5 Å². The van der Waals surface area contributed by atoms with Crippen molar-refractivity contribution in [2.45, 2.75) is 76.8 Å². The van der Waals surface area contributed by atoms with Crippen molar-refractivity contribution in [3.63, 3.8) is 0 Å². The lowest BCUT2D eigenvalue weighted by Gasteiger charge is -2.38. The van der Waals surface area contributed by atoms with Crippen LogP contribution in [0.4, 0.5) is 26.3 Å². The Morgan fingerprint density at radius 3 is 2.05 bits per heavy atom. The summed E-state index contributed by atoms with van der Waals surface area (Å²) in [6.45, 7) is 5.38. The lowest BCUT2D eigenvalue weighted by Crippen LogP contribution is -2.45. The van der Waals surface area contributed by atoms with Crippen molar-refractivity contribution in [2.75, 3.05) is 13.1 Å². The van der Waals surface area contributed by atoms with E-state index < -0.39 is 35.4 Å². The van der Waals surface area contributed by atoms with Gasteiger partial charge in [0.1, 0.15) is 0 Å². The number of alkyl halides is 6. The van der Waals surface area contributed by atoms with Gasteiger partial charge in [0.25, 0.3) is 0 Å². The van der Waals surface area contributed by atoms with Gasteiger partial charge in [-0.1, -0.05) is 44.2 Å². The minimum Gasteiger partial charge on any atom is -0.352 e. The van der Waals surface area contributed by atoms with E-state index in [-0.39, 0.29) is 29.5 Å². The van der Waals surface area contributed by atoms with E-state index in [4.69, 9.17) is 0 Å². The molecule has 1 saturated heterocycles. The molecule has 208 valence electrons. The highest BCUT2D eigenvalue weighted by Crippen LogP contribution is 2.47. The highest BCUT2D eigenvalue weighted by atomic mass is 19.4. The topological polar surface area (TPSA) is 32.3 Å².